The minimum absolute atomic E-state index is 0.213. The van der Waals surface area contributed by atoms with E-state index in [1.807, 2.05) is 4.90 Å². The molecule has 1 fully saturated rings. The van der Waals surface area contributed by atoms with Crippen molar-refractivity contribution in [3.63, 3.8) is 0 Å². The maximum absolute atomic E-state index is 12.5. The van der Waals surface area contributed by atoms with Crippen LogP contribution in [-0.4, -0.2) is 29.4 Å². The second kappa shape index (κ2) is 8.71. The third kappa shape index (κ3) is 5.87. The smallest absolute Gasteiger partial charge is 0.312 e. The largest absolute Gasteiger partial charge is 0.352 e. The first-order valence-corrected chi connectivity index (χ1v) is 8.89. The summed E-state index contributed by atoms with van der Waals surface area (Å²) in [5.41, 5.74) is 7.53. The van der Waals surface area contributed by atoms with Gasteiger partial charge in [-0.3, -0.25) is 4.79 Å². The number of hydrogen-bond donors (Lipinski definition) is 2. The van der Waals surface area contributed by atoms with E-state index in [-0.39, 0.29) is 5.91 Å². The number of nitrogens with one attached hydrogen (secondary N) is 1. The quantitative estimate of drug-likeness (QED) is 0.682. The molecule has 0 heterocycles. The summed E-state index contributed by atoms with van der Waals surface area (Å²) in [5.74, 6) is 0.735. The molecule has 0 spiro atoms. The first kappa shape index (κ1) is 18.3. The average molecular weight is 331 g/mol. The van der Waals surface area contributed by atoms with Crippen LogP contribution in [0.25, 0.3) is 0 Å². The number of carbonyl (C=O) groups is 2. The molecule has 0 aliphatic heterocycles. The minimum atomic E-state index is -0.509. The van der Waals surface area contributed by atoms with E-state index in [4.69, 9.17) is 5.73 Å². The Morgan fingerprint density at radius 1 is 1.21 bits per heavy atom. The van der Waals surface area contributed by atoms with Crippen molar-refractivity contribution in [1.82, 2.24) is 10.2 Å². The Bertz CT molecular complexity index is 550. The lowest BCUT2D eigenvalue weighted by Crippen LogP contribution is -2.33. The Kier molecular flexibility index (Phi) is 6.64. The molecule has 0 aromatic heterocycles. The number of nitrogens with zero attached hydrogens (tertiary/aromatic N) is 1. The standard InChI is InChI=1S/C19H29N3O2/c1-14(2)16-8-6-15(7-9-16)13-22(17-10-11-17)18(23)5-3-4-12-21-19(20)24/h6-9,14,17H,3-5,10-13H2,1-2H3,(H3,20,21,24). The molecule has 1 aliphatic carbocycles. The molecular formula is C19H29N3O2. The van der Waals surface area contributed by atoms with E-state index in [0.29, 0.717) is 31.5 Å². The van der Waals surface area contributed by atoms with Gasteiger partial charge in [0.05, 0.1) is 0 Å². The van der Waals surface area contributed by atoms with Crippen molar-refractivity contribution in [2.75, 3.05) is 6.54 Å². The number of rotatable bonds is 9. The van der Waals surface area contributed by atoms with Gasteiger partial charge in [0.15, 0.2) is 0 Å². The van der Waals surface area contributed by atoms with Crippen LogP contribution >= 0.6 is 0 Å². The summed E-state index contributed by atoms with van der Waals surface area (Å²) in [6.45, 7) is 5.59. The highest BCUT2D eigenvalue weighted by Gasteiger charge is 2.32. The van der Waals surface area contributed by atoms with Crippen LogP contribution in [0.1, 0.15) is 63.0 Å². The lowest BCUT2D eigenvalue weighted by molar-refractivity contribution is -0.132. The average Bonchev–Trinajstić information content (AvgIpc) is 3.37. The van der Waals surface area contributed by atoms with E-state index >= 15 is 0 Å². The molecule has 0 bridgehead atoms. The Morgan fingerprint density at radius 2 is 1.88 bits per heavy atom. The molecule has 1 saturated carbocycles. The van der Waals surface area contributed by atoms with Crippen LogP contribution in [0.15, 0.2) is 24.3 Å². The fraction of sp³-hybridized carbons (Fsp3) is 0.579. The number of unbranched alkanes of at least 4 members (excludes halogenated alkanes) is 1. The molecule has 132 valence electrons. The van der Waals surface area contributed by atoms with Crippen LogP contribution < -0.4 is 11.1 Å². The number of benzene rings is 1. The Labute approximate surface area is 144 Å². The topological polar surface area (TPSA) is 75.4 Å². The number of hydrogen-bond acceptors (Lipinski definition) is 2. The van der Waals surface area contributed by atoms with Gasteiger partial charge in [0, 0.05) is 25.6 Å². The zero-order chi connectivity index (χ0) is 17.5. The summed E-state index contributed by atoms with van der Waals surface area (Å²) in [5, 5.41) is 2.55. The van der Waals surface area contributed by atoms with E-state index in [9.17, 15) is 9.59 Å². The first-order chi connectivity index (χ1) is 11.5. The van der Waals surface area contributed by atoms with Crippen LogP contribution in [0.2, 0.25) is 0 Å². The van der Waals surface area contributed by atoms with Crippen molar-refractivity contribution in [2.45, 2.75) is 64.5 Å². The SMILES string of the molecule is CC(C)c1ccc(CN(C(=O)CCCCNC(N)=O)C2CC2)cc1. The van der Waals surface area contributed by atoms with Crippen LogP contribution in [0, 0.1) is 0 Å². The normalized spacial score (nSPS) is 13.8. The van der Waals surface area contributed by atoms with E-state index in [1.165, 1.54) is 11.1 Å². The molecule has 1 aliphatic rings. The molecule has 0 unspecified atom stereocenters. The first-order valence-electron chi connectivity index (χ1n) is 8.89. The third-order valence-corrected chi connectivity index (χ3v) is 4.42. The summed E-state index contributed by atoms with van der Waals surface area (Å²) in [7, 11) is 0. The van der Waals surface area contributed by atoms with E-state index in [0.717, 1.165) is 25.7 Å². The molecule has 0 atom stereocenters. The van der Waals surface area contributed by atoms with Crippen molar-refractivity contribution in [3.05, 3.63) is 35.4 Å². The number of amides is 3. The fourth-order valence-corrected chi connectivity index (χ4v) is 2.77. The van der Waals surface area contributed by atoms with Crippen molar-refractivity contribution in [1.29, 1.82) is 0 Å². The maximum Gasteiger partial charge on any atom is 0.312 e. The van der Waals surface area contributed by atoms with Crippen LogP contribution in [0.3, 0.4) is 0 Å². The van der Waals surface area contributed by atoms with Crippen molar-refractivity contribution >= 4 is 11.9 Å². The van der Waals surface area contributed by atoms with Gasteiger partial charge >= 0.3 is 6.03 Å². The molecule has 0 saturated heterocycles. The van der Waals surface area contributed by atoms with Crippen LogP contribution in [-0.2, 0) is 11.3 Å². The molecule has 0 radical (unpaired) electrons. The molecule has 24 heavy (non-hydrogen) atoms. The van der Waals surface area contributed by atoms with Gasteiger partial charge in [-0.05, 0) is 42.7 Å². The third-order valence-electron chi connectivity index (χ3n) is 4.42. The minimum Gasteiger partial charge on any atom is -0.352 e. The lowest BCUT2D eigenvalue weighted by atomic mass is 10.0. The van der Waals surface area contributed by atoms with Gasteiger partial charge in [-0.1, -0.05) is 38.1 Å². The molecule has 5 heteroatoms. The second-order valence-electron chi connectivity index (χ2n) is 6.90. The van der Waals surface area contributed by atoms with Crippen LogP contribution in [0.4, 0.5) is 4.79 Å². The van der Waals surface area contributed by atoms with Gasteiger partial charge in [-0.15, -0.1) is 0 Å². The number of nitrogens with two attached hydrogens (primary N) is 1. The molecule has 3 N–H and O–H groups in total. The van der Waals surface area contributed by atoms with E-state index < -0.39 is 6.03 Å². The summed E-state index contributed by atoms with van der Waals surface area (Å²) in [6, 6.07) is 8.48. The molecule has 2 rings (SSSR count). The summed E-state index contributed by atoms with van der Waals surface area (Å²) in [6.07, 6.45) is 4.30. The predicted octanol–water partition coefficient (Wildman–Crippen LogP) is 3.14. The molecule has 3 amide bonds. The van der Waals surface area contributed by atoms with Crippen molar-refractivity contribution in [3.8, 4) is 0 Å². The zero-order valence-electron chi connectivity index (χ0n) is 14.8. The van der Waals surface area contributed by atoms with Gasteiger partial charge < -0.3 is 16.0 Å². The Morgan fingerprint density at radius 3 is 2.42 bits per heavy atom. The van der Waals surface area contributed by atoms with Gasteiger partial charge in [0.2, 0.25) is 5.91 Å². The number of urea groups is 1. The maximum atomic E-state index is 12.5. The molecule has 5 nitrogen and oxygen atoms in total. The van der Waals surface area contributed by atoms with E-state index in [1.54, 1.807) is 0 Å². The Balaban J connectivity index is 1.82. The van der Waals surface area contributed by atoms with Gasteiger partial charge in [-0.2, -0.15) is 0 Å². The van der Waals surface area contributed by atoms with Crippen molar-refractivity contribution < 1.29 is 9.59 Å². The molecule has 1 aromatic rings. The Hall–Kier alpha value is -2.04. The fourth-order valence-electron chi connectivity index (χ4n) is 2.77. The summed E-state index contributed by atoms with van der Waals surface area (Å²) < 4.78 is 0. The zero-order valence-corrected chi connectivity index (χ0v) is 14.8. The monoisotopic (exact) mass is 331 g/mol. The van der Waals surface area contributed by atoms with E-state index in [2.05, 4.69) is 43.4 Å². The lowest BCUT2D eigenvalue weighted by Gasteiger charge is -2.23. The molecular weight excluding hydrogens is 302 g/mol. The van der Waals surface area contributed by atoms with Crippen molar-refractivity contribution in [2.24, 2.45) is 5.73 Å². The van der Waals surface area contributed by atoms with Gasteiger partial charge in [-0.25, -0.2) is 4.79 Å². The van der Waals surface area contributed by atoms with Gasteiger partial charge in [0.25, 0.3) is 0 Å². The highest BCUT2D eigenvalue weighted by atomic mass is 16.2. The summed E-state index contributed by atoms with van der Waals surface area (Å²) in [4.78, 5) is 25.1. The predicted molar refractivity (Wildman–Crippen MR) is 95.5 cm³/mol. The molecule has 1 aromatic carbocycles. The van der Waals surface area contributed by atoms with Gasteiger partial charge in [0.1, 0.15) is 0 Å². The summed E-state index contributed by atoms with van der Waals surface area (Å²) >= 11 is 0. The highest BCUT2D eigenvalue weighted by Crippen LogP contribution is 2.29. The highest BCUT2D eigenvalue weighted by molar-refractivity contribution is 5.77. The number of primary amides is 1. The number of carbonyl (C=O) groups excluding carboxylic acids is 2. The van der Waals surface area contributed by atoms with Crippen LogP contribution in [0.5, 0.6) is 0 Å². The second-order valence-corrected chi connectivity index (χ2v) is 6.90.